The fourth-order valence-electron chi connectivity index (χ4n) is 2.46. The number of hydrogen-bond donors (Lipinski definition) is 2. The molecule has 0 heterocycles. The lowest BCUT2D eigenvalue weighted by Gasteiger charge is -2.21. The average Bonchev–Trinajstić information content (AvgIpc) is 2.62. The van der Waals surface area contributed by atoms with Gasteiger partial charge in [0, 0.05) is 18.0 Å². The van der Waals surface area contributed by atoms with Crippen LogP contribution in [0.15, 0.2) is 42.5 Å². The molecule has 6 nitrogen and oxygen atoms in total. The minimum Gasteiger partial charge on any atom is -0.489 e. The maximum atomic E-state index is 11.9. The van der Waals surface area contributed by atoms with Gasteiger partial charge in [-0.1, -0.05) is 50.2 Å². The second-order valence-electron chi connectivity index (χ2n) is 6.36. The zero-order valence-corrected chi connectivity index (χ0v) is 15.1. The van der Waals surface area contributed by atoms with Crippen molar-refractivity contribution < 1.29 is 24.2 Å². The van der Waals surface area contributed by atoms with E-state index in [4.69, 9.17) is 14.6 Å². The highest BCUT2D eigenvalue weighted by molar-refractivity contribution is 5.88. The number of nitrogens with one attached hydrogen (secondary N) is 1. The van der Waals surface area contributed by atoms with Crippen molar-refractivity contribution >= 4 is 22.7 Å². The Morgan fingerprint density at radius 1 is 1.08 bits per heavy atom. The predicted octanol–water partition coefficient (Wildman–Crippen LogP) is 2.99. The van der Waals surface area contributed by atoms with Crippen LogP contribution in [0.3, 0.4) is 0 Å². The van der Waals surface area contributed by atoms with Crippen LogP contribution in [0.25, 0.3) is 10.8 Å². The van der Waals surface area contributed by atoms with Gasteiger partial charge in [-0.25, -0.2) is 0 Å². The Hall–Kier alpha value is -2.60. The lowest BCUT2D eigenvalue weighted by molar-refractivity contribution is -0.153. The molecule has 0 bridgehead atoms. The summed E-state index contributed by atoms with van der Waals surface area (Å²) in [5.74, 6) is -0.838. The summed E-state index contributed by atoms with van der Waals surface area (Å²) in [6, 6.07) is 13.9. The van der Waals surface area contributed by atoms with Crippen molar-refractivity contribution in [2.45, 2.75) is 38.8 Å². The summed E-state index contributed by atoms with van der Waals surface area (Å²) in [6.07, 6.45) is -0.896. The van der Waals surface area contributed by atoms with E-state index in [0.29, 0.717) is 6.54 Å². The monoisotopic (exact) mass is 359 g/mol. The van der Waals surface area contributed by atoms with Gasteiger partial charge in [-0.3, -0.25) is 9.59 Å². The van der Waals surface area contributed by atoms with Crippen LogP contribution in [-0.2, 0) is 14.3 Å². The van der Waals surface area contributed by atoms with Crippen LogP contribution < -0.4 is 10.1 Å². The summed E-state index contributed by atoms with van der Waals surface area (Å²) < 4.78 is 11.3. The van der Waals surface area contributed by atoms with Crippen molar-refractivity contribution in [2.24, 2.45) is 0 Å². The van der Waals surface area contributed by atoms with E-state index in [0.717, 1.165) is 16.5 Å². The summed E-state index contributed by atoms with van der Waals surface area (Å²) in [6.45, 7) is 4.61. The zero-order valence-electron chi connectivity index (χ0n) is 15.1. The molecular formula is C20H25NO5. The number of hydrogen-bond acceptors (Lipinski definition) is 5. The number of ether oxygens (including phenoxy) is 2. The number of aliphatic carboxylic acids is 1. The van der Waals surface area contributed by atoms with Crippen LogP contribution in [-0.4, -0.2) is 42.3 Å². The average molecular weight is 359 g/mol. The third kappa shape index (κ3) is 6.37. The van der Waals surface area contributed by atoms with Crippen molar-refractivity contribution in [2.75, 3.05) is 13.2 Å². The molecule has 26 heavy (non-hydrogen) atoms. The Kier molecular flexibility index (Phi) is 7.41. The van der Waals surface area contributed by atoms with E-state index in [2.05, 4.69) is 5.32 Å². The molecule has 0 aliphatic rings. The quantitative estimate of drug-likeness (QED) is 0.635. The van der Waals surface area contributed by atoms with Gasteiger partial charge < -0.3 is 19.9 Å². The molecule has 2 rings (SSSR count). The smallest absolute Gasteiger partial charge is 0.306 e. The minimum absolute atomic E-state index is 0.151. The fourth-order valence-corrected chi connectivity index (χ4v) is 2.46. The Morgan fingerprint density at radius 3 is 2.54 bits per heavy atom. The predicted molar refractivity (Wildman–Crippen MR) is 99.3 cm³/mol. The molecule has 0 aliphatic carbocycles. The highest BCUT2D eigenvalue weighted by Gasteiger charge is 2.17. The van der Waals surface area contributed by atoms with Gasteiger partial charge in [0.15, 0.2) is 0 Å². The maximum absolute atomic E-state index is 11.9. The van der Waals surface area contributed by atoms with E-state index < -0.39 is 18.0 Å². The Balaban J connectivity index is 2.00. The maximum Gasteiger partial charge on any atom is 0.306 e. The molecule has 1 atom stereocenters. The molecule has 0 radical (unpaired) electrons. The van der Waals surface area contributed by atoms with E-state index in [1.807, 2.05) is 56.3 Å². The molecule has 2 aromatic carbocycles. The van der Waals surface area contributed by atoms with Crippen molar-refractivity contribution in [1.82, 2.24) is 5.32 Å². The molecule has 1 unspecified atom stereocenters. The van der Waals surface area contributed by atoms with E-state index in [9.17, 15) is 9.59 Å². The third-order valence-electron chi connectivity index (χ3n) is 3.77. The van der Waals surface area contributed by atoms with Crippen LogP contribution in [0.2, 0.25) is 0 Å². The first-order valence-corrected chi connectivity index (χ1v) is 8.71. The number of carbonyl (C=O) groups is 2. The Morgan fingerprint density at radius 2 is 1.81 bits per heavy atom. The third-order valence-corrected chi connectivity index (χ3v) is 3.77. The summed E-state index contributed by atoms with van der Waals surface area (Å²) in [5, 5.41) is 14.0. The van der Waals surface area contributed by atoms with E-state index >= 15 is 0 Å². The van der Waals surface area contributed by atoms with Crippen LogP contribution in [0, 0.1) is 0 Å². The molecule has 0 amide bonds. The summed E-state index contributed by atoms with van der Waals surface area (Å²) in [5.41, 5.74) is 0. The molecule has 0 saturated carbocycles. The van der Waals surface area contributed by atoms with E-state index in [1.54, 1.807) is 0 Å². The Labute approximate surface area is 153 Å². The van der Waals surface area contributed by atoms with Gasteiger partial charge in [-0.15, -0.1) is 0 Å². The van der Waals surface area contributed by atoms with Gasteiger partial charge in [0.05, 0.1) is 12.8 Å². The van der Waals surface area contributed by atoms with Gasteiger partial charge in [0.25, 0.3) is 0 Å². The van der Waals surface area contributed by atoms with Crippen LogP contribution >= 0.6 is 0 Å². The number of esters is 1. The first kappa shape index (κ1) is 19.7. The number of carbonyl (C=O) groups excluding carboxylic acids is 1. The van der Waals surface area contributed by atoms with Gasteiger partial charge in [0.2, 0.25) is 0 Å². The highest BCUT2D eigenvalue weighted by atomic mass is 16.6. The normalized spacial score (nSPS) is 12.1. The van der Waals surface area contributed by atoms with E-state index in [1.165, 1.54) is 0 Å². The minimum atomic E-state index is -1.02. The summed E-state index contributed by atoms with van der Waals surface area (Å²) in [4.78, 5) is 22.5. The largest absolute Gasteiger partial charge is 0.489 e. The molecule has 0 spiro atoms. The van der Waals surface area contributed by atoms with Crippen molar-refractivity contribution in [3.63, 3.8) is 0 Å². The molecule has 2 aromatic rings. The molecule has 2 N–H and O–H groups in total. The van der Waals surface area contributed by atoms with Gasteiger partial charge in [0.1, 0.15) is 18.5 Å². The number of carboxylic acids is 1. The Bertz CT molecular complexity index is 739. The summed E-state index contributed by atoms with van der Waals surface area (Å²) >= 11 is 0. The molecule has 0 aliphatic heterocycles. The molecule has 140 valence electrons. The molecule has 0 aromatic heterocycles. The van der Waals surface area contributed by atoms with Crippen molar-refractivity contribution in [3.8, 4) is 5.75 Å². The molecule has 0 fully saturated rings. The standard InChI is InChI=1S/C20H25NO5/c1-14(2)21-12-16(26-20(24)11-10-19(22)23)13-25-18-9-5-7-15-6-3-4-8-17(15)18/h3-9,14,16,21H,10-13H2,1-2H3,(H,22,23). The molecule has 6 heteroatoms. The number of carboxylic acid groups (broad SMARTS) is 1. The van der Waals surface area contributed by atoms with E-state index in [-0.39, 0.29) is 25.5 Å². The fraction of sp³-hybridized carbons (Fsp3) is 0.400. The first-order chi connectivity index (χ1) is 12.5. The SMILES string of the molecule is CC(C)NCC(COc1cccc2ccccc12)OC(=O)CCC(=O)O. The van der Waals surface area contributed by atoms with Crippen LogP contribution in [0.5, 0.6) is 5.75 Å². The van der Waals surface area contributed by atoms with Gasteiger partial charge in [-0.2, -0.15) is 0 Å². The number of rotatable bonds is 10. The molecule has 0 saturated heterocycles. The lowest BCUT2D eigenvalue weighted by Crippen LogP contribution is -2.38. The number of benzene rings is 2. The van der Waals surface area contributed by atoms with Crippen LogP contribution in [0.1, 0.15) is 26.7 Å². The summed E-state index contributed by atoms with van der Waals surface area (Å²) in [7, 11) is 0. The lowest BCUT2D eigenvalue weighted by atomic mass is 10.1. The van der Waals surface area contributed by atoms with Crippen molar-refractivity contribution in [1.29, 1.82) is 0 Å². The van der Waals surface area contributed by atoms with Crippen molar-refractivity contribution in [3.05, 3.63) is 42.5 Å². The molecular weight excluding hydrogens is 334 g/mol. The first-order valence-electron chi connectivity index (χ1n) is 8.71. The zero-order chi connectivity index (χ0) is 18.9. The van der Waals surface area contributed by atoms with Gasteiger partial charge >= 0.3 is 11.9 Å². The highest BCUT2D eigenvalue weighted by Crippen LogP contribution is 2.25. The second kappa shape index (κ2) is 9.77. The topological polar surface area (TPSA) is 84.9 Å². The van der Waals surface area contributed by atoms with Gasteiger partial charge in [-0.05, 0) is 11.5 Å². The second-order valence-corrected chi connectivity index (χ2v) is 6.36. The number of fused-ring (bicyclic) bond motifs is 1. The van der Waals surface area contributed by atoms with Crippen LogP contribution in [0.4, 0.5) is 0 Å².